The van der Waals surface area contributed by atoms with Crippen molar-refractivity contribution in [2.24, 2.45) is 0 Å². The summed E-state index contributed by atoms with van der Waals surface area (Å²) in [5.74, 6) is -0.897. The predicted molar refractivity (Wildman–Crippen MR) is 49.6 cm³/mol. The monoisotopic (exact) mass is 251 g/mol. The molecule has 0 saturated carbocycles. The molecule has 4 nitrogen and oxygen atoms in total. The van der Waals surface area contributed by atoms with Gasteiger partial charge in [-0.05, 0) is 5.56 Å². The molecular weight excluding hydrogens is 247 g/mol. The summed E-state index contributed by atoms with van der Waals surface area (Å²) in [7, 11) is 0. The van der Waals surface area contributed by atoms with Crippen molar-refractivity contribution in [3.8, 4) is 11.9 Å². The second-order valence-corrected chi connectivity index (χ2v) is 2.94. The van der Waals surface area contributed by atoms with Crippen molar-refractivity contribution in [1.29, 1.82) is 5.26 Å². The van der Waals surface area contributed by atoms with E-state index >= 15 is 0 Å². The number of nitriles is 1. The van der Waals surface area contributed by atoms with Gasteiger partial charge in [0.25, 0.3) is 0 Å². The van der Waals surface area contributed by atoms with E-state index in [9.17, 15) is 13.2 Å². The Labute approximate surface area is 93.4 Å². The fourth-order valence-corrected chi connectivity index (χ4v) is 1.17. The van der Waals surface area contributed by atoms with Crippen LogP contribution in [0.15, 0.2) is 6.07 Å². The summed E-state index contributed by atoms with van der Waals surface area (Å²) in [5.41, 5.74) is 5.19. The molecule has 0 radical (unpaired) electrons. The summed E-state index contributed by atoms with van der Waals surface area (Å²) in [6.07, 6.45) is -4.88. The number of nitrogens with zero attached hydrogens (tertiary/aromatic N) is 2. The molecule has 0 aliphatic carbocycles. The maximum absolute atomic E-state index is 11.9. The molecule has 0 aliphatic rings. The van der Waals surface area contributed by atoms with Crippen LogP contribution in [0.2, 0.25) is 0 Å². The first-order valence-electron chi connectivity index (χ1n) is 3.88. The van der Waals surface area contributed by atoms with Crippen molar-refractivity contribution in [3.05, 3.63) is 17.3 Å². The van der Waals surface area contributed by atoms with Crippen LogP contribution in [0.4, 0.5) is 18.9 Å². The molecule has 8 heteroatoms. The lowest BCUT2D eigenvalue weighted by Gasteiger charge is -2.10. The van der Waals surface area contributed by atoms with Crippen LogP contribution in [-0.2, 0) is 5.88 Å². The van der Waals surface area contributed by atoms with Crippen molar-refractivity contribution >= 4 is 17.3 Å². The van der Waals surface area contributed by atoms with Crippen LogP contribution in [0.1, 0.15) is 11.3 Å². The average molecular weight is 252 g/mol. The van der Waals surface area contributed by atoms with E-state index in [0.717, 1.165) is 6.07 Å². The number of nitrogens with two attached hydrogens (primary N) is 1. The topological polar surface area (TPSA) is 71.9 Å². The van der Waals surface area contributed by atoms with Gasteiger partial charge < -0.3 is 10.5 Å². The molecule has 0 unspecified atom stereocenters. The van der Waals surface area contributed by atoms with E-state index in [1.54, 1.807) is 6.07 Å². The zero-order chi connectivity index (χ0) is 12.3. The van der Waals surface area contributed by atoms with E-state index in [1.165, 1.54) is 0 Å². The summed E-state index contributed by atoms with van der Waals surface area (Å²) < 4.78 is 39.3. The van der Waals surface area contributed by atoms with Crippen LogP contribution in [0.5, 0.6) is 5.88 Å². The average Bonchev–Trinajstić information content (AvgIpc) is 2.18. The minimum Gasteiger partial charge on any atom is -0.396 e. The molecular formula is C8H5ClF3N3O. The number of halogens is 4. The SMILES string of the molecule is N#Cc1nc(OC(F)(F)F)cc(CCl)c1N. The molecule has 0 bridgehead atoms. The van der Waals surface area contributed by atoms with Gasteiger partial charge in [-0.1, -0.05) is 0 Å². The molecule has 0 fully saturated rings. The molecule has 1 rings (SSSR count). The molecule has 0 aliphatic heterocycles. The normalized spacial score (nSPS) is 10.9. The number of alkyl halides is 4. The van der Waals surface area contributed by atoms with Crippen molar-refractivity contribution in [1.82, 2.24) is 4.98 Å². The Morgan fingerprint density at radius 3 is 2.62 bits per heavy atom. The van der Waals surface area contributed by atoms with Crippen LogP contribution >= 0.6 is 11.6 Å². The molecule has 0 spiro atoms. The number of ether oxygens (including phenoxy) is 1. The Balaban J connectivity index is 3.19. The number of rotatable bonds is 2. The van der Waals surface area contributed by atoms with Gasteiger partial charge in [0, 0.05) is 11.9 Å². The van der Waals surface area contributed by atoms with Gasteiger partial charge >= 0.3 is 6.36 Å². The summed E-state index contributed by atoms with van der Waals surface area (Å²) in [6.45, 7) is 0. The van der Waals surface area contributed by atoms with Crippen LogP contribution < -0.4 is 10.5 Å². The Hall–Kier alpha value is -1.68. The minimum absolute atomic E-state index is 0.0491. The first kappa shape index (κ1) is 12.4. The molecule has 1 heterocycles. The first-order chi connectivity index (χ1) is 7.37. The Kier molecular flexibility index (Phi) is 3.44. The second-order valence-electron chi connectivity index (χ2n) is 2.68. The van der Waals surface area contributed by atoms with Gasteiger partial charge in [0.05, 0.1) is 5.69 Å². The molecule has 0 amide bonds. The van der Waals surface area contributed by atoms with E-state index in [4.69, 9.17) is 22.6 Å². The maximum atomic E-state index is 11.9. The highest BCUT2D eigenvalue weighted by atomic mass is 35.5. The third-order valence-corrected chi connectivity index (χ3v) is 1.88. The lowest BCUT2D eigenvalue weighted by atomic mass is 10.2. The quantitative estimate of drug-likeness (QED) is 0.818. The molecule has 0 atom stereocenters. The number of aromatic nitrogens is 1. The van der Waals surface area contributed by atoms with Crippen molar-refractivity contribution < 1.29 is 17.9 Å². The highest BCUT2D eigenvalue weighted by Gasteiger charge is 2.32. The second kappa shape index (κ2) is 4.45. The highest BCUT2D eigenvalue weighted by molar-refractivity contribution is 6.17. The van der Waals surface area contributed by atoms with E-state index in [2.05, 4.69) is 9.72 Å². The largest absolute Gasteiger partial charge is 0.574 e. The van der Waals surface area contributed by atoms with Crippen molar-refractivity contribution in [2.45, 2.75) is 12.2 Å². The van der Waals surface area contributed by atoms with Crippen LogP contribution in [0.3, 0.4) is 0 Å². The number of hydrogen-bond acceptors (Lipinski definition) is 4. The van der Waals surface area contributed by atoms with Gasteiger partial charge in [0.1, 0.15) is 6.07 Å². The summed E-state index contributed by atoms with van der Waals surface area (Å²) in [5, 5.41) is 8.59. The third-order valence-electron chi connectivity index (χ3n) is 1.59. The number of hydrogen-bond donors (Lipinski definition) is 1. The molecule has 2 N–H and O–H groups in total. The van der Waals surface area contributed by atoms with Gasteiger partial charge in [0.2, 0.25) is 5.88 Å². The first-order valence-corrected chi connectivity index (χ1v) is 4.42. The van der Waals surface area contributed by atoms with Gasteiger partial charge in [-0.15, -0.1) is 24.8 Å². The molecule has 1 aromatic rings. The fourth-order valence-electron chi connectivity index (χ4n) is 0.948. The van der Waals surface area contributed by atoms with E-state index in [-0.39, 0.29) is 22.8 Å². The third kappa shape index (κ3) is 2.90. The standard InChI is InChI=1S/C8H5ClF3N3O/c9-2-4-1-6(16-8(10,11)12)15-5(3-13)7(4)14/h1H,2,14H2. The lowest BCUT2D eigenvalue weighted by molar-refractivity contribution is -0.276. The van der Waals surface area contributed by atoms with Crippen LogP contribution in [0.25, 0.3) is 0 Å². The molecule has 16 heavy (non-hydrogen) atoms. The minimum atomic E-state index is -4.88. The number of anilines is 1. The summed E-state index contributed by atoms with van der Waals surface area (Å²) >= 11 is 5.45. The smallest absolute Gasteiger partial charge is 0.396 e. The number of pyridine rings is 1. The zero-order valence-corrected chi connectivity index (χ0v) is 8.43. The van der Waals surface area contributed by atoms with Crippen molar-refractivity contribution in [3.63, 3.8) is 0 Å². The fraction of sp³-hybridized carbons (Fsp3) is 0.250. The van der Waals surface area contributed by atoms with E-state index < -0.39 is 12.2 Å². The molecule has 0 saturated heterocycles. The maximum Gasteiger partial charge on any atom is 0.574 e. The molecule has 86 valence electrons. The van der Waals surface area contributed by atoms with Gasteiger partial charge in [-0.3, -0.25) is 0 Å². The number of nitrogen functional groups attached to an aromatic ring is 1. The predicted octanol–water partition coefficient (Wildman–Crippen LogP) is 2.17. The van der Waals surface area contributed by atoms with E-state index in [0.29, 0.717) is 0 Å². The molecule has 0 aromatic carbocycles. The van der Waals surface area contributed by atoms with Gasteiger partial charge in [0.15, 0.2) is 5.69 Å². The summed E-state index contributed by atoms with van der Waals surface area (Å²) in [6, 6.07) is 2.50. The summed E-state index contributed by atoms with van der Waals surface area (Å²) in [4.78, 5) is 3.30. The Morgan fingerprint density at radius 2 is 2.19 bits per heavy atom. The zero-order valence-electron chi connectivity index (χ0n) is 7.68. The molecule has 1 aromatic heterocycles. The van der Waals surface area contributed by atoms with Gasteiger partial charge in [-0.2, -0.15) is 5.26 Å². The Bertz CT molecular complexity index is 441. The Morgan fingerprint density at radius 1 is 1.56 bits per heavy atom. The van der Waals surface area contributed by atoms with Crippen LogP contribution in [0, 0.1) is 11.3 Å². The highest BCUT2D eigenvalue weighted by Crippen LogP contribution is 2.26. The van der Waals surface area contributed by atoms with Gasteiger partial charge in [-0.25, -0.2) is 4.98 Å². The lowest BCUT2D eigenvalue weighted by Crippen LogP contribution is -2.18. The van der Waals surface area contributed by atoms with Crippen LogP contribution in [-0.4, -0.2) is 11.3 Å². The van der Waals surface area contributed by atoms with Crippen molar-refractivity contribution in [2.75, 3.05) is 5.73 Å². The van der Waals surface area contributed by atoms with E-state index in [1.807, 2.05) is 0 Å².